The van der Waals surface area contributed by atoms with Crippen LogP contribution in [0.25, 0.3) is 0 Å². The van der Waals surface area contributed by atoms with Gasteiger partial charge in [-0.15, -0.1) is 0 Å². The third-order valence-electron chi connectivity index (χ3n) is 5.27. The van der Waals surface area contributed by atoms with Gasteiger partial charge in [-0.25, -0.2) is 4.79 Å². The number of carbonyl (C=O) groups is 1. The molecule has 0 amide bonds. The van der Waals surface area contributed by atoms with E-state index in [2.05, 4.69) is 13.8 Å². The molecule has 0 aromatic heterocycles. The zero-order chi connectivity index (χ0) is 19.3. The number of hydrogen-bond donors (Lipinski definition) is 1. The molecule has 146 valence electrons. The Morgan fingerprint density at radius 3 is 2.08 bits per heavy atom. The first kappa shape index (κ1) is 20.4. The highest BCUT2D eigenvalue weighted by atomic mass is 16.5. The Bertz CT molecular complexity index is 583. The summed E-state index contributed by atoms with van der Waals surface area (Å²) in [5, 5.41) is 0. The Labute approximate surface area is 156 Å². The van der Waals surface area contributed by atoms with Gasteiger partial charge in [0.1, 0.15) is 12.6 Å². The van der Waals surface area contributed by atoms with E-state index < -0.39 is 0 Å². The summed E-state index contributed by atoms with van der Waals surface area (Å²) >= 11 is 0. The number of esters is 1. The highest BCUT2D eigenvalue weighted by Gasteiger charge is 2.31. The molecular formula is C20H32NO5+. The van der Waals surface area contributed by atoms with Crippen LogP contribution in [0.3, 0.4) is 0 Å². The van der Waals surface area contributed by atoms with Crippen molar-refractivity contribution in [3.63, 3.8) is 0 Å². The van der Waals surface area contributed by atoms with Crippen molar-refractivity contribution in [1.82, 2.24) is 0 Å². The number of ether oxygens (including phenoxy) is 4. The first-order chi connectivity index (χ1) is 12.4. The molecule has 0 bridgehead atoms. The second-order valence-corrected chi connectivity index (χ2v) is 7.14. The monoisotopic (exact) mass is 366 g/mol. The van der Waals surface area contributed by atoms with Crippen molar-refractivity contribution in [2.45, 2.75) is 58.2 Å². The van der Waals surface area contributed by atoms with Crippen LogP contribution in [0.1, 0.15) is 50.4 Å². The van der Waals surface area contributed by atoms with Crippen LogP contribution in [-0.2, 0) is 4.74 Å². The number of hydrogen-bond acceptors (Lipinski definition) is 5. The zero-order valence-corrected chi connectivity index (χ0v) is 16.8. The molecule has 1 saturated heterocycles. The standard InChI is InChI=1S/C20H31NO5/c1-13-8-7-9-14(2)21(13)12-15(3)26-20(22)16-10-17(23-4)19(25-6)18(11-16)24-5/h10-11,13-15H,7-9,12H2,1-6H3/p+1/t13-,14-,15-/m1/s1. The molecule has 0 spiro atoms. The van der Waals surface area contributed by atoms with Gasteiger partial charge in [0.05, 0.1) is 39.0 Å². The fourth-order valence-electron chi connectivity index (χ4n) is 3.81. The van der Waals surface area contributed by atoms with E-state index in [9.17, 15) is 4.79 Å². The quantitative estimate of drug-likeness (QED) is 0.749. The second kappa shape index (κ2) is 9.12. The maximum atomic E-state index is 12.6. The summed E-state index contributed by atoms with van der Waals surface area (Å²) in [4.78, 5) is 14.1. The first-order valence-electron chi connectivity index (χ1n) is 9.27. The van der Waals surface area contributed by atoms with Gasteiger partial charge < -0.3 is 23.8 Å². The van der Waals surface area contributed by atoms with Crippen molar-refractivity contribution < 1.29 is 28.6 Å². The third-order valence-corrected chi connectivity index (χ3v) is 5.27. The summed E-state index contributed by atoms with van der Waals surface area (Å²) in [6.45, 7) is 7.33. The SMILES string of the molecule is COc1cc(C(=O)O[C@H](C)C[NH+]2[C@H](C)CCC[C@H]2C)cc(OC)c1OC. The van der Waals surface area contributed by atoms with E-state index in [1.54, 1.807) is 12.1 Å². The third kappa shape index (κ3) is 4.61. The molecule has 1 N–H and O–H groups in total. The van der Waals surface area contributed by atoms with Gasteiger partial charge in [0.25, 0.3) is 0 Å². The molecule has 1 fully saturated rings. The number of piperidine rings is 1. The summed E-state index contributed by atoms with van der Waals surface area (Å²) < 4.78 is 21.6. The Balaban J connectivity index is 2.09. The van der Waals surface area contributed by atoms with Crippen molar-refractivity contribution in [3.8, 4) is 17.2 Å². The Morgan fingerprint density at radius 2 is 1.62 bits per heavy atom. The molecule has 0 unspecified atom stereocenters. The van der Waals surface area contributed by atoms with E-state index in [-0.39, 0.29) is 12.1 Å². The number of nitrogens with one attached hydrogen (secondary N) is 1. The molecule has 0 saturated carbocycles. The van der Waals surface area contributed by atoms with Crippen LogP contribution in [0.2, 0.25) is 0 Å². The van der Waals surface area contributed by atoms with E-state index in [4.69, 9.17) is 18.9 Å². The highest BCUT2D eigenvalue weighted by molar-refractivity contribution is 5.91. The number of methoxy groups -OCH3 is 3. The molecule has 1 aliphatic heterocycles. The Morgan fingerprint density at radius 1 is 1.08 bits per heavy atom. The second-order valence-electron chi connectivity index (χ2n) is 7.14. The lowest BCUT2D eigenvalue weighted by Crippen LogP contribution is -3.20. The summed E-state index contributed by atoms with van der Waals surface area (Å²) in [5.41, 5.74) is 0.390. The van der Waals surface area contributed by atoms with E-state index in [1.165, 1.54) is 45.5 Å². The normalized spacial score (nSPS) is 21.8. The predicted octanol–water partition coefficient (Wildman–Crippen LogP) is 2.10. The number of likely N-dealkylation sites (tertiary alicyclic amines) is 1. The smallest absolute Gasteiger partial charge is 0.338 e. The molecule has 26 heavy (non-hydrogen) atoms. The molecular weight excluding hydrogens is 334 g/mol. The van der Waals surface area contributed by atoms with Gasteiger partial charge in [0.2, 0.25) is 5.75 Å². The molecule has 2 rings (SSSR count). The summed E-state index contributed by atoms with van der Waals surface area (Å²) in [7, 11) is 4.58. The van der Waals surface area contributed by atoms with Gasteiger partial charge in [0.15, 0.2) is 11.5 Å². The average molecular weight is 366 g/mol. The van der Waals surface area contributed by atoms with Crippen molar-refractivity contribution in [2.75, 3.05) is 27.9 Å². The maximum Gasteiger partial charge on any atom is 0.338 e. The minimum atomic E-state index is -0.381. The van der Waals surface area contributed by atoms with E-state index in [1.807, 2.05) is 6.92 Å². The average Bonchev–Trinajstić information content (AvgIpc) is 2.63. The number of carbonyl (C=O) groups excluding carboxylic acids is 1. The minimum Gasteiger partial charge on any atom is -0.493 e. The molecule has 6 nitrogen and oxygen atoms in total. The maximum absolute atomic E-state index is 12.6. The number of quaternary nitrogens is 1. The van der Waals surface area contributed by atoms with Crippen molar-refractivity contribution in [2.24, 2.45) is 0 Å². The van der Waals surface area contributed by atoms with Crippen molar-refractivity contribution >= 4 is 5.97 Å². The lowest BCUT2D eigenvalue weighted by Gasteiger charge is -2.37. The van der Waals surface area contributed by atoms with Crippen LogP contribution < -0.4 is 19.1 Å². The fraction of sp³-hybridized carbons (Fsp3) is 0.650. The van der Waals surface area contributed by atoms with Crippen molar-refractivity contribution in [3.05, 3.63) is 17.7 Å². The lowest BCUT2D eigenvalue weighted by molar-refractivity contribution is -0.953. The zero-order valence-electron chi connectivity index (χ0n) is 16.8. The lowest BCUT2D eigenvalue weighted by atomic mass is 9.97. The summed E-state index contributed by atoms with van der Waals surface area (Å²) in [6, 6.07) is 4.44. The fourth-order valence-corrected chi connectivity index (χ4v) is 3.81. The molecule has 3 atom stereocenters. The van der Waals surface area contributed by atoms with E-state index in [0.29, 0.717) is 34.9 Å². The summed E-state index contributed by atoms with van der Waals surface area (Å²) in [5.74, 6) is 0.958. The predicted molar refractivity (Wildman–Crippen MR) is 99.6 cm³/mol. The number of rotatable bonds is 7. The molecule has 1 aromatic carbocycles. The van der Waals surface area contributed by atoms with Crippen LogP contribution in [0.15, 0.2) is 12.1 Å². The molecule has 0 aliphatic carbocycles. The Kier molecular flexibility index (Phi) is 7.14. The first-order valence-corrected chi connectivity index (χ1v) is 9.27. The van der Waals surface area contributed by atoms with E-state index >= 15 is 0 Å². The molecule has 0 radical (unpaired) electrons. The largest absolute Gasteiger partial charge is 0.493 e. The molecule has 6 heteroatoms. The molecule has 1 heterocycles. The van der Waals surface area contributed by atoms with Gasteiger partial charge in [-0.05, 0) is 52.2 Å². The van der Waals surface area contributed by atoms with Gasteiger partial charge in [-0.2, -0.15) is 0 Å². The minimum absolute atomic E-state index is 0.167. The Hall–Kier alpha value is -1.95. The molecule has 1 aliphatic rings. The van der Waals surface area contributed by atoms with Crippen LogP contribution in [-0.4, -0.2) is 52.0 Å². The van der Waals surface area contributed by atoms with Gasteiger partial charge in [-0.3, -0.25) is 0 Å². The summed E-state index contributed by atoms with van der Waals surface area (Å²) in [6.07, 6.45) is 3.57. The van der Waals surface area contributed by atoms with Crippen LogP contribution in [0.4, 0.5) is 0 Å². The van der Waals surface area contributed by atoms with Gasteiger partial charge in [0, 0.05) is 0 Å². The highest BCUT2D eigenvalue weighted by Crippen LogP contribution is 2.38. The van der Waals surface area contributed by atoms with Crippen LogP contribution in [0, 0.1) is 0 Å². The van der Waals surface area contributed by atoms with Crippen LogP contribution in [0.5, 0.6) is 17.2 Å². The van der Waals surface area contributed by atoms with Gasteiger partial charge >= 0.3 is 5.97 Å². The number of benzene rings is 1. The molecule has 1 aromatic rings. The van der Waals surface area contributed by atoms with Gasteiger partial charge in [-0.1, -0.05) is 0 Å². The van der Waals surface area contributed by atoms with Crippen molar-refractivity contribution in [1.29, 1.82) is 0 Å². The topological polar surface area (TPSA) is 58.4 Å². The van der Waals surface area contributed by atoms with Crippen LogP contribution >= 0.6 is 0 Å². The van der Waals surface area contributed by atoms with E-state index in [0.717, 1.165) is 6.54 Å².